The van der Waals surface area contributed by atoms with Gasteiger partial charge >= 0.3 is 0 Å². The molecule has 3 aliphatic heterocycles. The van der Waals surface area contributed by atoms with Crippen LogP contribution in [0.25, 0.3) is 0 Å². The number of phenolic OH excluding ortho intramolecular Hbond substituents is 1. The van der Waals surface area contributed by atoms with E-state index in [9.17, 15) is 23.1 Å². The zero-order chi connectivity index (χ0) is 19.2. The quantitative estimate of drug-likeness (QED) is 0.819. The topological polar surface area (TPSA) is 95.0 Å². The van der Waals surface area contributed by atoms with Gasteiger partial charge in [0.25, 0.3) is 0 Å². The second-order valence-electron chi connectivity index (χ2n) is 7.87. The number of carbonyl (C=O) groups excluding carboxylic acids is 2. The monoisotopic (exact) mass is 392 g/mol. The summed E-state index contributed by atoms with van der Waals surface area (Å²) in [5, 5.41) is 9.65. The zero-order valence-corrected chi connectivity index (χ0v) is 15.9. The summed E-state index contributed by atoms with van der Waals surface area (Å²) in [7, 11) is -3.06. The fourth-order valence-corrected chi connectivity index (χ4v) is 6.27. The molecule has 7 nitrogen and oxygen atoms in total. The van der Waals surface area contributed by atoms with Crippen molar-refractivity contribution in [1.82, 2.24) is 9.80 Å². The van der Waals surface area contributed by atoms with Gasteiger partial charge in [-0.25, -0.2) is 8.42 Å². The van der Waals surface area contributed by atoms with Crippen LogP contribution in [0.3, 0.4) is 0 Å². The number of sulfone groups is 1. The standard InChI is InChI=1S/C19H24N2O5S/c22-17-3-1-2-13(8-17)14-4-6-20(10-14)19(24)15-9-18(23)21(11-15)16-5-7-27(25,26)12-16/h1-3,8,14-16,22H,4-7,9-12H2. The van der Waals surface area contributed by atoms with Gasteiger partial charge in [0.05, 0.1) is 17.4 Å². The van der Waals surface area contributed by atoms with Gasteiger partial charge < -0.3 is 14.9 Å². The lowest BCUT2D eigenvalue weighted by Gasteiger charge is -2.24. The minimum atomic E-state index is -3.06. The highest BCUT2D eigenvalue weighted by Gasteiger charge is 2.43. The van der Waals surface area contributed by atoms with Crippen LogP contribution < -0.4 is 0 Å². The Kier molecular flexibility index (Phi) is 4.61. The molecule has 146 valence electrons. The minimum Gasteiger partial charge on any atom is -0.508 e. The van der Waals surface area contributed by atoms with Crippen LogP contribution in [0.2, 0.25) is 0 Å². The Morgan fingerprint density at radius 2 is 2.00 bits per heavy atom. The SMILES string of the molecule is O=C(C1CC(=O)N(C2CCS(=O)(=O)C2)C1)N1CCC(c2cccc(O)c2)C1. The molecule has 8 heteroatoms. The summed E-state index contributed by atoms with van der Waals surface area (Å²) in [6.07, 6.45) is 1.47. The number of nitrogens with zero attached hydrogens (tertiary/aromatic N) is 2. The number of hydrogen-bond donors (Lipinski definition) is 1. The first kappa shape index (κ1) is 18.3. The lowest BCUT2D eigenvalue weighted by atomic mass is 9.98. The van der Waals surface area contributed by atoms with Crippen LogP contribution in [0.15, 0.2) is 24.3 Å². The summed E-state index contributed by atoms with van der Waals surface area (Å²) >= 11 is 0. The van der Waals surface area contributed by atoms with Crippen LogP contribution in [0.1, 0.15) is 30.7 Å². The molecule has 3 atom stereocenters. The molecule has 0 spiro atoms. The predicted octanol–water partition coefficient (Wildman–Crippen LogP) is 0.744. The summed E-state index contributed by atoms with van der Waals surface area (Å²) in [6.45, 7) is 1.55. The number of amides is 2. The van der Waals surface area contributed by atoms with Crippen molar-refractivity contribution in [1.29, 1.82) is 0 Å². The predicted molar refractivity (Wildman–Crippen MR) is 98.9 cm³/mol. The first-order chi connectivity index (χ1) is 12.8. The molecule has 0 radical (unpaired) electrons. The van der Waals surface area contributed by atoms with E-state index in [0.29, 0.717) is 26.1 Å². The summed E-state index contributed by atoms with van der Waals surface area (Å²) in [6, 6.07) is 6.85. The van der Waals surface area contributed by atoms with E-state index in [-0.39, 0.29) is 53.4 Å². The molecule has 1 aromatic carbocycles. The molecular weight excluding hydrogens is 368 g/mol. The lowest BCUT2D eigenvalue weighted by Crippen LogP contribution is -2.39. The maximum absolute atomic E-state index is 12.9. The fourth-order valence-electron chi connectivity index (χ4n) is 4.54. The third-order valence-electron chi connectivity index (χ3n) is 6.00. The van der Waals surface area contributed by atoms with E-state index in [1.807, 2.05) is 11.0 Å². The molecule has 4 rings (SSSR count). The fraction of sp³-hybridized carbons (Fsp3) is 0.579. The number of aromatic hydroxyl groups is 1. The van der Waals surface area contributed by atoms with Crippen LogP contribution in [-0.4, -0.2) is 72.3 Å². The number of likely N-dealkylation sites (tertiary alicyclic amines) is 2. The first-order valence-corrected chi connectivity index (χ1v) is 11.2. The van der Waals surface area contributed by atoms with E-state index in [4.69, 9.17) is 0 Å². The third kappa shape index (κ3) is 3.67. The molecule has 27 heavy (non-hydrogen) atoms. The summed E-state index contributed by atoms with van der Waals surface area (Å²) in [5.74, 6) is 0.0353. The van der Waals surface area contributed by atoms with Crippen molar-refractivity contribution >= 4 is 21.7 Å². The highest BCUT2D eigenvalue weighted by molar-refractivity contribution is 7.91. The average molecular weight is 392 g/mol. The van der Waals surface area contributed by atoms with Gasteiger partial charge in [0.15, 0.2) is 9.84 Å². The maximum atomic E-state index is 12.9. The van der Waals surface area contributed by atoms with Crippen molar-refractivity contribution in [2.75, 3.05) is 31.1 Å². The largest absolute Gasteiger partial charge is 0.508 e. The number of hydrogen-bond acceptors (Lipinski definition) is 5. The zero-order valence-electron chi connectivity index (χ0n) is 15.1. The Labute approximate surface area is 158 Å². The Morgan fingerprint density at radius 3 is 2.70 bits per heavy atom. The molecule has 3 aliphatic rings. The highest BCUT2D eigenvalue weighted by atomic mass is 32.2. The van der Waals surface area contributed by atoms with E-state index in [0.717, 1.165) is 12.0 Å². The van der Waals surface area contributed by atoms with Crippen LogP contribution in [-0.2, 0) is 19.4 Å². The van der Waals surface area contributed by atoms with Gasteiger partial charge in [0, 0.05) is 38.0 Å². The van der Waals surface area contributed by atoms with Gasteiger partial charge in [-0.1, -0.05) is 12.1 Å². The van der Waals surface area contributed by atoms with Crippen molar-refractivity contribution in [2.24, 2.45) is 5.92 Å². The van der Waals surface area contributed by atoms with Gasteiger partial charge in [0.2, 0.25) is 11.8 Å². The van der Waals surface area contributed by atoms with Crippen molar-refractivity contribution in [3.8, 4) is 5.75 Å². The number of rotatable bonds is 3. The van der Waals surface area contributed by atoms with Crippen molar-refractivity contribution < 1.29 is 23.1 Å². The van der Waals surface area contributed by atoms with Crippen molar-refractivity contribution in [3.63, 3.8) is 0 Å². The molecule has 1 aromatic rings. The molecule has 0 aromatic heterocycles. The second kappa shape index (κ2) is 6.82. The van der Waals surface area contributed by atoms with Gasteiger partial charge in [-0.15, -0.1) is 0 Å². The van der Waals surface area contributed by atoms with E-state index in [2.05, 4.69) is 0 Å². The van der Waals surface area contributed by atoms with E-state index in [1.165, 1.54) is 0 Å². The normalized spacial score (nSPS) is 30.2. The van der Waals surface area contributed by atoms with Crippen LogP contribution in [0.5, 0.6) is 5.75 Å². The van der Waals surface area contributed by atoms with Gasteiger partial charge in [-0.05, 0) is 30.5 Å². The summed E-state index contributed by atoms with van der Waals surface area (Å²) in [5.41, 5.74) is 1.02. The van der Waals surface area contributed by atoms with Gasteiger partial charge in [-0.3, -0.25) is 9.59 Å². The molecule has 0 bridgehead atoms. The van der Waals surface area contributed by atoms with Gasteiger partial charge in [-0.2, -0.15) is 0 Å². The van der Waals surface area contributed by atoms with E-state index < -0.39 is 9.84 Å². The number of carbonyl (C=O) groups is 2. The molecule has 2 amide bonds. The number of phenols is 1. The highest BCUT2D eigenvalue weighted by Crippen LogP contribution is 2.32. The molecule has 3 heterocycles. The Balaban J connectivity index is 1.38. The third-order valence-corrected chi connectivity index (χ3v) is 7.75. The molecule has 3 fully saturated rings. The maximum Gasteiger partial charge on any atom is 0.228 e. The van der Waals surface area contributed by atoms with Crippen LogP contribution in [0, 0.1) is 5.92 Å². The molecule has 1 N–H and O–H groups in total. The Bertz CT molecular complexity index is 869. The van der Waals surface area contributed by atoms with Crippen LogP contribution >= 0.6 is 0 Å². The van der Waals surface area contributed by atoms with Crippen LogP contribution in [0.4, 0.5) is 0 Å². The van der Waals surface area contributed by atoms with Gasteiger partial charge in [0.1, 0.15) is 5.75 Å². The second-order valence-corrected chi connectivity index (χ2v) is 10.1. The van der Waals surface area contributed by atoms with E-state index >= 15 is 0 Å². The molecule has 3 saturated heterocycles. The first-order valence-electron chi connectivity index (χ1n) is 9.40. The number of benzene rings is 1. The van der Waals surface area contributed by atoms with Crippen molar-refractivity contribution in [3.05, 3.63) is 29.8 Å². The summed E-state index contributed by atoms with van der Waals surface area (Å²) in [4.78, 5) is 28.7. The smallest absolute Gasteiger partial charge is 0.228 e. The molecule has 3 unspecified atom stereocenters. The molecule has 0 aliphatic carbocycles. The summed E-state index contributed by atoms with van der Waals surface area (Å²) < 4.78 is 23.4. The Morgan fingerprint density at radius 1 is 1.19 bits per heavy atom. The van der Waals surface area contributed by atoms with E-state index in [1.54, 1.807) is 23.1 Å². The minimum absolute atomic E-state index is 0.0168. The Hall–Kier alpha value is -2.09. The molecule has 0 saturated carbocycles. The average Bonchev–Trinajstić information content (AvgIpc) is 3.32. The molecular formula is C19H24N2O5S. The lowest BCUT2D eigenvalue weighted by molar-refractivity contribution is -0.134. The van der Waals surface area contributed by atoms with Crippen molar-refractivity contribution in [2.45, 2.75) is 31.2 Å².